The Kier molecular flexibility index (Phi) is 7.71. The normalized spacial score (nSPS) is 14.7. The van der Waals surface area contributed by atoms with Crippen LogP contribution in [-0.2, 0) is 28.7 Å². The standard InChI is InChI=1S/C25H22F6N4O4S/c1-39-18-7-4-3-6-17(18)20-19-21(34-23(33-20)40(2,37)38)32-8-5-9-35(22(19)36)13-14-10-15(24(26,27)28)12-16(11-14)25(29,30)31/h3-4,6-7,10-12H,5,8-9,13H2,1-2H3,(H,32,33,34). The van der Waals surface area contributed by atoms with E-state index in [1.54, 1.807) is 18.2 Å². The van der Waals surface area contributed by atoms with Gasteiger partial charge in [0.25, 0.3) is 5.91 Å². The number of anilines is 1. The molecule has 2 heterocycles. The molecular formula is C25H22F6N4O4S. The Balaban J connectivity index is 1.89. The number of alkyl halides is 6. The van der Waals surface area contributed by atoms with Crippen molar-refractivity contribution < 1.29 is 44.3 Å². The molecule has 1 N–H and O–H groups in total. The predicted molar refractivity (Wildman–Crippen MR) is 131 cm³/mol. The van der Waals surface area contributed by atoms with Crippen LogP contribution in [0.5, 0.6) is 5.75 Å². The van der Waals surface area contributed by atoms with Crippen molar-refractivity contribution in [3.8, 4) is 17.0 Å². The third-order valence-corrected chi connectivity index (χ3v) is 6.85. The largest absolute Gasteiger partial charge is 0.496 e. The highest BCUT2D eigenvalue weighted by atomic mass is 32.2. The van der Waals surface area contributed by atoms with E-state index in [0.717, 1.165) is 11.2 Å². The molecule has 3 aromatic rings. The minimum Gasteiger partial charge on any atom is -0.496 e. The van der Waals surface area contributed by atoms with Crippen LogP contribution in [0.25, 0.3) is 11.3 Å². The van der Waals surface area contributed by atoms with Crippen molar-refractivity contribution in [2.24, 2.45) is 0 Å². The van der Waals surface area contributed by atoms with Crippen molar-refractivity contribution in [2.75, 3.05) is 31.8 Å². The number of carbonyl (C=O) groups excluding carboxylic acids is 1. The Labute approximate surface area is 224 Å². The molecule has 0 aliphatic carbocycles. The summed E-state index contributed by atoms with van der Waals surface area (Å²) < 4.78 is 111. The number of sulfone groups is 1. The van der Waals surface area contributed by atoms with Crippen molar-refractivity contribution in [3.05, 3.63) is 64.7 Å². The minimum absolute atomic E-state index is 0.0123. The van der Waals surface area contributed by atoms with E-state index in [4.69, 9.17) is 4.74 Å². The number of methoxy groups -OCH3 is 1. The molecule has 1 aliphatic heterocycles. The fraction of sp³-hybridized carbons (Fsp3) is 0.320. The summed E-state index contributed by atoms with van der Waals surface area (Å²) in [5, 5.41) is 2.31. The number of benzene rings is 2. The molecule has 0 bridgehead atoms. The molecule has 1 amide bonds. The number of aromatic nitrogens is 2. The SMILES string of the molecule is COc1ccccc1-c1nc(S(C)(=O)=O)nc2c1C(=O)N(Cc1cc(C(F)(F)F)cc(C(F)(F)F)c1)CCCN2. The highest BCUT2D eigenvalue weighted by molar-refractivity contribution is 7.90. The fourth-order valence-electron chi connectivity index (χ4n) is 4.19. The number of halogens is 6. The molecule has 0 saturated heterocycles. The van der Waals surface area contributed by atoms with Crippen LogP contribution in [0.2, 0.25) is 0 Å². The number of hydrogen-bond acceptors (Lipinski definition) is 7. The Morgan fingerprint density at radius 3 is 2.20 bits per heavy atom. The van der Waals surface area contributed by atoms with Gasteiger partial charge in [0.05, 0.1) is 23.9 Å². The molecular weight excluding hydrogens is 566 g/mol. The molecule has 0 fully saturated rings. The average molecular weight is 589 g/mol. The zero-order valence-corrected chi connectivity index (χ0v) is 21.8. The van der Waals surface area contributed by atoms with Crippen LogP contribution < -0.4 is 10.1 Å². The van der Waals surface area contributed by atoms with Gasteiger partial charge in [0.15, 0.2) is 0 Å². The first-order chi connectivity index (χ1) is 18.6. The Hall–Kier alpha value is -3.88. The Morgan fingerprint density at radius 1 is 1.00 bits per heavy atom. The summed E-state index contributed by atoms with van der Waals surface area (Å²) in [5.74, 6) is -0.739. The molecule has 15 heteroatoms. The maximum absolute atomic E-state index is 13.9. The number of carbonyl (C=O) groups is 1. The number of amides is 1. The molecule has 0 atom stereocenters. The molecule has 2 aromatic carbocycles. The second kappa shape index (κ2) is 10.6. The van der Waals surface area contributed by atoms with Crippen LogP contribution in [0.3, 0.4) is 0 Å². The molecule has 0 unspecified atom stereocenters. The van der Waals surface area contributed by atoms with E-state index < -0.39 is 56.5 Å². The Bertz CT molecular complexity index is 1530. The maximum Gasteiger partial charge on any atom is 0.416 e. The number of nitrogens with zero attached hydrogens (tertiary/aromatic N) is 3. The van der Waals surface area contributed by atoms with Gasteiger partial charge in [-0.05, 0) is 42.3 Å². The van der Waals surface area contributed by atoms with Crippen LogP contribution >= 0.6 is 0 Å². The lowest BCUT2D eigenvalue weighted by molar-refractivity contribution is -0.143. The summed E-state index contributed by atoms with van der Waals surface area (Å²) in [7, 11) is -2.62. The molecule has 214 valence electrons. The summed E-state index contributed by atoms with van der Waals surface area (Å²) >= 11 is 0. The van der Waals surface area contributed by atoms with Crippen LogP contribution in [-0.4, -0.2) is 55.6 Å². The molecule has 1 aromatic heterocycles. The van der Waals surface area contributed by atoms with Gasteiger partial charge in [0.1, 0.15) is 17.1 Å². The zero-order valence-electron chi connectivity index (χ0n) is 21.0. The number of nitrogens with one attached hydrogen (secondary N) is 1. The van der Waals surface area contributed by atoms with Gasteiger partial charge < -0.3 is 15.0 Å². The van der Waals surface area contributed by atoms with E-state index in [1.165, 1.54) is 13.2 Å². The quantitative estimate of drug-likeness (QED) is 0.329. The molecule has 0 saturated carbocycles. The van der Waals surface area contributed by atoms with Gasteiger partial charge in [0, 0.05) is 31.5 Å². The van der Waals surface area contributed by atoms with Gasteiger partial charge in [0.2, 0.25) is 15.0 Å². The van der Waals surface area contributed by atoms with Gasteiger partial charge in [-0.2, -0.15) is 26.3 Å². The average Bonchev–Trinajstić information content (AvgIpc) is 2.87. The first kappa shape index (κ1) is 29.1. The highest BCUT2D eigenvalue weighted by Crippen LogP contribution is 2.38. The van der Waals surface area contributed by atoms with Crippen LogP contribution in [0.15, 0.2) is 47.6 Å². The molecule has 40 heavy (non-hydrogen) atoms. The van der Waals surface area contributed by atoms with E-state index in [2.05, 4.69) is 15.3 Å². The van der Waals surface area contributed by atoms with E-state index >= 15 is 0 Å². The van der Waals surface area contributed by atoms with Crippen molar-refractivity contribution in [2.45, 2.75) is 30.5 Å². The number of fused-ring (bicyclic) bond motifs is 1. The monoisotopic (exact) mass is 588 g/mol. The number of rotatable bonds is 5. The van der Waals surface area contributed by atoms with Crippen molar-refractivity contribution in [3.63, 3.8) is 0 Å². The molecule has 4 rings (SSSR count). The lowest BCUT2D eigenvalue weighted by Gasteiger charge is -2.28. The van der Waals surface area contributed by atoms with E-state index in [-0.39, 0.29) is 54.0 Å². The maximum atomic E-state index is 13.9. The fourth-order valence-corrected chi connectivity index (χ4v) is 4.70. The molecule has 0 spiro atoms. The van der Waals surface area contributed by atoms with Crippen LogP contribution in [0.1, 0.15) is 33.5 Å². The van der Waals surface area contributed by atoms with Gasteiger partial charge in [-0.1, -0.05) is 12.1 Å². The summed E-state index contributed by atoms with van der Waals surface area (Å²) in [6.45, 7) is -0.467. The second-order valence-electron chi connectivity index (χ2n) is 8.97. The van der Waals surface area contributed by atoms with Crippen molar-refractivity contribution in [1.82, 2.24) is 14.9 Å². The highest BCUT2D eigenvalue weighted by Gasteiger charge is 2.37. The number of ether oxygens (including phenoxy) is 1. The molecule has 0 radical (unpaired) electrons. The zero-order chi connectivity index (χ0) is 29.5. The Morgan fingerprint density at radius 2 is 1.62 bits per heavy atom. The van der Waals surface area contributed by atoms with Crippen LogP contribution in [0.4, 0.5) is 32.2 Å². The third kappa shape index (κ3) is 6.13. The first-order valence-corrected chi connectivity index (χ1v) is 13.6. The minimum atomic E-state index is -5.06. The van der Waals surface area contributed by atoms with Gasteiger partial charge in [-0.15, -0.1) is 0 Å². The van der Waals surface area contributed by atoms with Crippen LogP contribution in [0, 0.1) is 0 Å². The van der Waals surface area contributed by atoms with Crippen molar-refractivity contribution in [1.29, 1.82) is 0 Å². The molecule has 1 aliphatic rings. The summed E-state index contributed by atoms with van der Waals surface area (Å²) in [5.41, 5.74) is -3.52. The van der Waals surface area contributed by atoms with E-state index in [0.29, 0.717) is 12.1 Å². The smallest absolute Gasteiger partial charge is 0.416 e. The summed E-state index contributed by atoms with van der Waals surface area (Å²) in [6, 6.07) is 7.42. The van der Waals surface area contributed by atoms with Gasteiger partial charge in [-0.25, -0.2) is 18.4 Å². The van der Waals surface area contributed by atoms with E-state index in [1.807, 2.05) is 0 Å². The molecule has 8 nitrogen and oxygen atoms in total. The number of para-hydroxylation sites is 1. The summed E-state index contributed by atoms with van der Waals surface area (Å²) in [4.78, 5) is 23.1. The van der Waals surface area contributed by atoms with Gasteiger partial charge in [-0.3, -0.25) is 4.79 Å². The summed E-state index contributed by atoms with van der Waals surface area (Å²) in [6.07, 6.45) is -9.00. The topological polar surface area (TPSA) is 101 Å². The van der Waals surface area contributed by atoms with Gasteiger partial charge >= 0.3 is 12.4 Å². The lowest BCUT2D eigenvalue weighted by Crippen LogP contribution is -2.36. The van der Waals surface area contributed by atoms with Crippen molar-refractivity contribution >= 4 is 21.6 Å². The third-order valence-electron chi connectivity index (χ3n) is 6.00. The number of hydrogen-bond donors (Lipinski definition) is 1. The lowest BCUT2D eigenvalue weighted by atomic mass is 10.0. The second-order valence-corrected chi connectivity index (χ2v) is 10.9. The van der Waals surface area contributed by atoms with E-state index in [9.17, 15) is 39.6 Å². The predicted octanol–water partition coefficient (Wildman–Crippen LogP) is 5.05. The first-order valence-electron chi connectivity index (χ1n) is 11.7.